The maximum atomic E-state index is 5.87. The summed E-state index contributed by atoms with van der Waals surface area (Å²) >= 11 is 1.76. The molecule has 0 N–H and O–H groups in total. The Morgan fingerprint density at radius 2 is 2.19 bits per heavy atom. The maximum absolute atomic E-state index is 5.87. The van der Waals surface area contributed by atoms with Gasteiger partial charge in [-0.1, -0.05) is 6.92 Å². The fraction of sp³-hybridized carbons (Fsp3) is 0.600. The van der Waals surface area contributed by atoms with Crippen molar-refractivity contribution in [1.82, 2.24) is 9.97 Å². The van der Waals surface area contributed by atoms with E-state index in [1.54, 1.807) is 17.7 Å². The number of nitrogens with zero attached hydrogens (tertiary/aromatic N) is 3. The number of ether oxygens (including phenoxy) is 2. The van der Waals surface area contributed by atoms with Gasteiger partial charge in [-0.2, -0.15) is 0 Å². The largest absolute Gasteiger partial charge is 0.351 e. The predicted octanol–water partition coefficient (Wildman–Crippen LogP) is 2.60. The Labute approximate surface area is 127 Å². The molecule has 2 fully saturated rings. The number of anilines is 1. The summed E-state index contributed by atoms with van der Waals surface area (Å²) in [7, 11) is 0. The number of aromatic nitrogens is 2. The Kier molecular flexibility index (Phi) is 3.32. The van der Waals surface area contributed by atoms with Crippen molar-refractivity contribution in [3.8, 4) is 0 Å². The van der Waals surface area contributed by atoms with Gasteiger partial charge in [0, 0.05) is 17.8 Å². The smallest absolute Gasteiger partial charge is 0.186 e. The van der Waals surface area contributed by atoms with Gasteiger partial charge in [0.25, 0.3) is 0 Å². The SMILES string of the molecule is CCc1cc2c(N3CCCC4(C3)OCCO4)ncnc2s1. The third kappa shape index (κ3) is 2.31. The molecule has 2 saturated heterocycles. The minimum absolute atomic E-state index is 0.418. The van der Waals surface area contributed by atoms with Gasteiger partial charge in [-0.15, -0.1) is 11.3 Å². The summed E-state index contributed by atoms with van der Waals surface area (Å²) in [5.41, 5.74) is 0. The average molecular weight is 305 g/mol. The van der Waals surface area contributed by atoms with Crippen LogP contribution in [0.15, 0.2) is 12.4 Å². The second-order valence-electron chi connectivity index (χ2n) is 5.62. The Bertz CT molecular complexity index is 651. The van der Waals surface area contributed by atoms with Crippen molar-refractivity contribution in [3.05, 3.63) is 17.3 Å². The molecule has 2 aliphatic heterocycles. The molecule has 6 heteroatoms. The Balaban J connectivity index is 1.70. The summed E-state index contributed by atoms with van der Waals surface area (Å²) in [6.07, 6.45) is 4.75. The van der Waals surface area contributed by atoms with Crippen LogP contribution in [0.5, 0.6) is 0 Å². The third-order valence-corrected chi connectivity index (χ3v) is 5.43. The van der Waals surface area contributed by atoms with E-state index < -0.39 is 5.79 Å². The van der Waals surface area contributed by atoms with Gasteiger partial charge in [0.15, 0.2) is 5.79 Å². The maximum Gasteiger partial charge on any atom is 0.186 e. The van der Waals surface area contributed by atoms with Crippen LogP contribution in [-0.2, 0) is 15.9 Å². The van der Waals surface area contributed by atoms with E-state index >= 15 is 0 Å². The highest BCUT2D eigenvalue weighted by atomic mass is 32.1. The molecule has 2 aromatic heterocycles. The van der Waals surface area contributed by atoms with Crippen molar-refractivity contribution < 1.29 is 9.47 Å². The zero-order valence-electron chi connectivity index (χ0n) is 12.2. The summed E-state index contributed by atoms with van der Waals surface area (Å²) < 4.78 is 11.7. The molecule has 0 saturated carbocycles. The van der Waals surface area contributed by atoms with Crippen LogP contribution < -0.4 is 4.90 Å². The number of hydrogen-bond acceptors (Lipinski definition) is 6. The monoisotopic (exact) mass is 305 g/mol. The molecule has 2 aliphatic rings. The minimum atomic E-state index is -0.418. The van der Waals surface area contributed by atoms with E-state index in [1.165, 1.54) is 4.88 Å². The van der Waals surface area contributed by atoms with E-state index in [4.69, 9.17) is 9.47 Å². The summed E-state index contributed by atoms with van der Waals surface area (Å²) in [6.45, 7) is 5.33. The molecule has 0 amide bonds. The number of thiophene rings is 1. The van der Waals surface area contributed by atoms with Crippen molar-refractivity contribution in [2.24, 2.45) is 0 Å². The number of fused-ring (bicyclic) bond motifs is 1. The summed E-state index contributed by atoms with van der Waals surface area (Å²) in [6, 6.07) is 2.23. The van der Waals surface area contributed by atoms with Crippen molar-refractivity contribution in [1.29, 1.82) is 0 Å². The number of hydrogen-bond donors (Lipinski definition) is 0. The fourth-order valence-electron chi connectivity index (χ4n) is 3.22. The summed E-state index contributed by atoms with van der Waals surface area (Å²) in [5.74, 6) is 0.605. The van der Waals surface area contributed by atoms with Crippen molar-refractivity contribution in [2.45, 2.75) is 32.0 Å². The second-order valence-corrected chi connectivity index (χ2v) is 6.73. The zero-order valence-corrected chi connectivity index (χ0v) is 13.0. The van der Waals surface area contributed by atoms with Gasteiger partial charge in [0.1, 0.15) is 17.0 Å². The van der Waals surface area contributed by atoms with Gasteiger partial charge in [0.05, 0.1) is 25.1 Å². The van der Waals surface area contributed by atoms with Gasteiger partial charge < -0.3 is 14.4 Å². The molecule has 1 spiro atoms. The predicted molar refractivity (Wildman–Crippen MR) is 82.9 cm³/mol. The molecular weight excluding hydrogens is 286 g/mol. The lowest BCUT2D eigenvalue weighted by Gasteiger charge is -2.39. The Hall–Kier alpha value is -1.24. The van der Waals surface area contributed by atoms with Gasteiger partial charge in [0.2, 0.25) is 0 Å². The molecule has 112 valence electrons. The molecule has 0 aromatic carbocycles. The molecule has 0 unspecified atom stereocenters. The second kappa shape index (κ2) is 5.19. The van der Waals surface area contributed by atoms with E-state index in [9.17, 15) is 0 Å². The van der Waals surface area contributed by atoms with E-state index in [0.717, 1.165) is 48.4 Å². The first-order chi connectivity index (χ1) is 10.3. The van der Waals surface area contributed by atoms with Gasteiger partial charge >= 0.3 is 0 Å². The molecule has 5 nitrogen and oxygen atoms in total. The van der Waals surface area contributed by atoms with Gasteiger partial charge in [-0.05, 0) is 18.9 Å². The first kappa shape index (κ1) is 13.4. The highest BCUT2D eigenvalue weighted by molar-refractivity contribution is 7.18. The van der Waals surface area contributed by atoms with Crippen LogP contribution in [0.4, 0.5) is 5.82 Å². The molecule has 4 rings (SSSR count). The summed E-state index contributed by atoms with van der Waals surface area (Å²) in [5, 5.41) is 1.16. The van der Waals surface area contributed by atoms with E-state index in [0.29, 0.717) is 13.2 Å². The lowest BCUT2D eigenvalue weighted by molar-refractivity contribution is -0.161. The first-order valence-corrected chi connectivity index (χ1v) is 8.38. The molecule has 2 aromatic rings. The Morgan fingerprint density at radius 1 is 1.33 bits per heavy atom. The van der Waals surface area contributed by atoms with Crippen molar-refractivity contribution in [2.75, 3.05) is 31.2 Å². The van der Waals surface area contributed by atoms with Crippen LogP contribution in [0.25, 0.3) is 10.2 Å². The molecule has 4 heterocycles. The van der Waals surface area contributed by atoms with Crippen LogP contribution in [-0.4, -0.2) is 42.1 Å². The summed E-state index contributed by atoms with van der Waals surface area (Å²) in [4.78, 5) is 13.7. The standard InChI is InChI=1S/C15H19N3O2S/c1-2-11-8-12-13(16-10-17-14(12)21-11)18-5-3-4-15(9-18)19-6-7-20-15/h8,10H,2-7,9H2,1H3. The average Bonchev–Trinajstić information content (AvgIpc) is 3.13. The van der Waals surface area contributed by atoms with E-state index in [-0.39, 0.29) is 0 Å². The van der Waals surface area contributed by atoms with Crippen LogP contribution in [0.3, 0.4) is 0 Å². The zero-order chi connectivity index (χ0) is 14.3. The van der Waals surface area contributed by atoms with Gasteiger partial charge in [-0.3, -0.25) is 0 Å². The van der Waals surface area contributed by atoms with Crippen LogP contribution >= 0.6 is 11.3 Å². The lowest BCUT2D eigenvalue weighted by Crippen LogP contribution is -2.49. The highest BCUT2D eigenvalue weighted by Crippen LogP contribution is 2.36. The van der Waals surface area contributed by atoms with Crippen molar-refractivity contribution in [3.63, 3.8) is 0 Å². The third-order valence-electron chi connectivity index (χ3n) is 4.24. The molecule has 0 atom stereocenters. The van der Waals surface area contributed by atoms with E-state index in [1.807, 2.05) is 0 Å². The molecule has 21 heavy (non-hydrogen) atoms. The Morgan fingerprint density at radius 3 is 3.00 bits per heavy atom. The topological polar surface area (TPSA) is 47.5 Å². The van der Waals surface area contributed by atoms with Crippen molar-refractivity contribution >= 4 is 27.4 Å². The highest BCUT2D eigenvalue weighted by Gasteiger charge is 2.41. The number of piperidine rings is 1. The minimum Gasteiger partial charge on any atom is -0.351 e. The van der Waals surface area contributed by atoms with Gasteiger partial charge in [-0.25, -0.2) is 9.97 Å². The van der Waals surface area contributed by atoms with E-state index in [2.05, 4.69) is 27.9 Å². The van der Waals surface area contributed by atoms with Crippen LogP contribution in [0.1, 0.15) is 24.6 Å². The number of rotatable bonds is 2. The fourth-order valence-corrected chi connectivity index (χ4v) is 4.15. The first-order valence-electron chi connectivity index (χ1n) is 7.56. The lowest BCUT2D eigenvalue weighted by atomic mass is 10.0. The molecule has 0 radical (unpaired) electrons. The quantitative estimate of drug-likeness (QED) is 0.853. The molecular formula is C15H19N3O2S. The normalized spacial score (nSPS) is 21.5. The number of aryl methyl sites for hydroxylation is 1. The van der Waals surface area contributed by atoms with Crippen LogP contribution in [0, 0.1) is 0 Å². The van der Waals surface area contributed by atoms with Crippen LogP contribution in [0.2, 0.25) is 0 Å². The molecule has 0 aliphatic carbocycles. The molecule has 0 bridgehead atoms.